The summed E-state index contributed by atoms with van der Waals surface area (Å²) in [6.45, 7) is -0.285. The number of amides is 1. The highest BCUT2D eigenvalue weighted by molar-refractivity contribution is 6.07. The third kappa shape index (κ3) is 4.21. The molecule has 4 atom stereocenters. The van der Waals surface area contributed by atoms with Crippen molar-refractivity contribution >= 4 is 22.8 Å². The number of likely N-dealkylation sites (tertiary alicyclic amines) is 1. The van der Waals surface area contributed by atoms with Gasteiger partial charge in [-0.1, -0.05) is 0 Å². The smallest absolute Gasteiger partial charge is 0.275 e. The first-order valence-electron chi connectivity index (χ1n) is 11.3. The van der Waals surface area contributed by atoms with E-state index >= 15 is 0 Å². The van der Waals surface area contributed by atoms with E-state index in [9.17, 15) is 32.7 Å². The molecular formula is C23H21F4N7O2. The van der Waals surface area contributed by atoms with Crippen molar-refractivity contribution in [3.63, 3.8) is 0 Å². The van der Waals surface area contributed by atoms with Crippen LogP contribution in [0.3, 0.4) is 0 Å². The van der Waals surface area contributed by atoms with Crippen LogP contribution in [0.2, 0.25) is 0 Å². The Kier molecular flexibility index (Phi) is 5.99. The minimum absolute atomic E-state index is 0.0175. The van der Waals surface area contributed by atoms with Crippen LogP contribution in [0.4, 0.5) is 23.4 Å². The second-order valence-corrected chi connectivity index (χ2v) is 9.06. The number of anilines is 1. The van der Waals surface area contributed by atoms with Crippen LogP contribution in [0.15, 0.2) is 24.5 Å². The fourth-order valence-corrected chi connectivity index (χ4v) is 4.94. The number of nitrogens with one attached hydrogen (secondary N) is 2. The number of nitrogens with zero attached hydrogens (tertiary/aromatic N) is 5. The number of H-pyrrole nitrogens is 1. The summed E-state index contributed by atoms with van der Waals surface area (Å²) in [5.74, 6) is -4.63. The molecule has 9 nitrogen and oxygen atoms in total. The highest BCUT2D eigenvalue weighted by Gasteiger charge is 2.46. The molecule has 1 aliphatic carbocycles. The number of rotatable bonds is 4. The fraction of sp³-hybridized carbons (Fsp3) is 0.435. The minimum Gasteiger partial charge on any atom is -0.385 e. The van der Waals surface area contributed by atoms with Gasteiger partial charge in [0.25, 0.3) is 11.8 Å². The molecule has 0 unspecified atom stereocenters. The lowest BCUT2D eigenvalue weighted by molar-refractivity contribution is -0.135. The van der Waals surface area contributed by atoms with Gasteiger partial charge in [-0.3, -0.25) is 9.89 Å². The number of fused-ring (bicyclic) bond motifs is 1. The van der Waals surface area contributed by atoms with E-state index in [0.717, 1.165) is 18.5 Å². The summed E-state index contributed by atoms with van der Waals surface area (Å²) in [6, 6.07) is 3.55. The maximum Gasteiger partial charge on any atom is 0.275 e. The number of nitriles is 1. The number of benzene rings is 1. The first-order valence-corrected chi connectivity index (χ1v) is 11.3. The Morgan fingerprint density at radius 1 is 1.31 bits per heavy atom. The summed E-state index contributed by atoms with van der Waals surface area (Å²) in [7, 11) is 0. The number of hydrogen-bond acceptors (Lipinski definition) is 7. The van der Waals surface area contributed by atoms with E-state index in [-0.39, 0.29) is 59.5 Å². The molecule has 2 aliphatic rings. The molecule has 1 aliphatic heterocycles. The first-order chi connectivity index (χ1) is 17.2. The van der Waals surface area contributed by atoms with E-state index in [1.807, 2.05) is 6.07 Å². The maximum absolute atomic E-state index is 14.5. The molecule has 1 amide bonds. The number of alkyl halides is 3. The quantitative estimate of drug-likeness (QED) is 0.466. The second-order valence-electron chi connectivity index (χ2n) is 9.06. The zero-order chi connectivity index (χ0) is 25.6. The molecule has 188 valence electrons. The van der Waals surface area contributed by atoms with Gasteiger partial charge in [0.2, 0.25) is 0 Å². The number of aromatic amines is 1. The molecule has 2 aromatic heterocycles. The van der Waals surface area contributed by atoms with Crippen molar-refractivity contribution < 1.29 is 27.5 Å². The third-order valence-electron chi connectivity index (χ3n) is 6.67. The zero-order valence-electron chi connectivity index (χ0n) is 18.8. The number of carbonyl (C=O) groups excluding carboxylic acids is 1. The first kappa shape index (κ1) is 23.9. The zero-order valence-corrected chi connectivity index (χ0v) is 18.8. The van der Waals surface area contributed by atoms with Crippen molar-refractivity contribution in [1.29, 1.82) is 5.26 Å². The van der Waals surface area contributed by atoms with Gasteiger partial charge in [-0.2, -0.15) is 10.4 Å². The SMILES string of the molecule is N#Cc1cc(F)cc([C@H]2C[C@H](F)CN2C(=O)c2[nH]nc3ncnc(N[C@@H]4CCCC(F)(F)[C@H]4O)c23)c1. The van der Waals surface area contributed by atoms with E-state index in [2.05, 4.69) is 25.5 Å². The molecule has 36 heavy (non-hydrogen) atoms. The molecule has 1 aromatic carbocycles. The van der Waals surface area contributed by atoms with Gasteiger partial charge in [0.05, 0.1) is 35.6 Å². The highest BCUT2D eigenvalue weighted by Crippen LogP contribution is 2.38. The predicted molar refractivity (Wildman–Crippen MR) is 118 cm³/mol. The van der Waals surface area contributed by atoms with Gasteiger partial charge in [0.1, 0.15) is 35.9 Å². The van der Waals surface area contributed by atoms with Gasteiger partial charge in [-0.15, -0.1) is 0 Å². The Labute approximate surface area is 202 Å². The Morgan fingerprint density at radius 2 is 2.11 bits per heavy atom. The topological polar surface area (TPSA) is 131 Å². The van der Waals surface area contributed by atoms with E-state index in [1.54, 1.807) is 0 Å². The normalized spacial score (nSPS) is 25.6. The Morgan fingerprint density at radius 3 is 2.89 bits per heavy atom. The molecule has 5 rings (SSSR count). The minimum atomic E-state index is -3.27. The van der Waals surface area contributed by atoms with Crippen molar-refractivity contribution in [2.45, 2.75) is 56.0 Å². The molecule has 3 N–H and O–H groups in total. The van der Waals surface area contributed by atoms with Gasteiger partial charge < -0.3 is 15.3 Å². The van der Waals surface area contributed by atoms with E-state index in [0.29, 0.717) is 0 Å². The van der Waals surface area contributed by atoms with Crippen molar-refractivity contribution in [2.75, 3.05) is 11.9 Å². The third-order valence-corrected chi connectivity index (χ3v) is 6.67. The number of hydrogen-bond donors (Lipinski definition) is 3. The summed E-state index contributed by atoms with van der Waals surface area (Å²) in [5, 5.41) is 28.8. The largest absolute Gasteiger partial charge is 0.385 e. The van der Waals surface area contributed by atoms with Gasteiger partial charge in [-0.05, 0) is 36.6 Å². The summed E-state index contributed by atoms with van der Waals surface area (Å²) >= 11 is 0. The molecular weight excluding hydrogens is 482 g/mol. The van der Waals surface area contributed by atoms with Gasteiger partial charge in [-0.25, -0.2) is 27.5 Å². The summed E-state index contributed by atoms with van der Waals surface area (Å²) < 4.78 is 56.7. The number of carbonyl (C=O) groups is 1. The lowest BCUT2D eigenvalue weighted by Crippen LogP contribution is -2.49. The number of halogens is 4. The molecule has 3 aromatic rings. The lowest BCUT2D eigenvalue weighted by Gasteiger charge is -2.35. The van der Waals surface area contributed by atoms with Gasteiger partial charge in [0, 0.05) is 12.8 Å². The molecule has 2 fully saturated rings. The van der Waals surface area contributed by atoms with Gasteiger partial charge >= 0.3 is 0 Å². The predicted octanol–water partition coefficient (Wildman–Crippen LogP) is 3.25. The van der Waals surface area contributed by atoms with Crippen molar-refractivity contribution in [3.8, 4) is 6.07 Å². The highest BCUT2D eigenvalue weighted by atomic mass is 19.3. The number of aliphatic hydroxyl groups excluding tert-OH is 1. The molecule has 3 heterocycles. The number of aliphatic hydroxyl groups is 1. The lowest BCUT2D eigenvalue weighted by atomic mass is 9.89. The van der Waals surface area contributed by atoms with Crippen LogP contribution in [0, 0.1) is 17.1 Å². The van der Waals surface area contributed by atoms with Crippen LogP contribution in [-0.2, 0) is 0 Å². The monoisotopic (exact) mass is 503 g/mol. The molecule has 0 bridgehead atoms. The van der Waals surface area contributed by atoms with Crippen molar-refractivity contribution in [3.05, 3.63) is 47.2 Å². The van der Waals surface area contributed by atoms with Crippen LogP contribution in [0.1, 0.15) is 53.3 Å². The summed E-state index contributed by atoms with van der Waals surface area (Å²) in [5.41, 5.74) is 0.264. The Hall–Kier alpha value is -3.79. The Bertz CT molecular complexity index is 1360. The number of aromatic nitrogens is 4. The average Bonchev–Trinajstić information content (AvgIpc) is 3.45. The molecule has 13 heteroatoms. The van der Waals surface area contributed by atoms with Gasteiger partial charge in [0.15, 0.2) is 5.65 Å². The van der Waals surface area contributed by atoms with Crippen LogP contribution < -0.4 is 5.32 Å². The van der Waals surface area contributed by atoms with Crippen LogP contribution in [0.5, 0.6) is 0 Å². The van der Waals surface area contributed by atoms with Crippen LogP contribution >= 0.6 is 0 Å². The summed E-state index contributed by atoms with van der Waals surface area (Å²) in [6.07, 6.45) is -2.32. The van der Waals surface area contributed by atoms with Crippen LogP contribution in [-0.4, -0.2) is 66.9 Å². The average molecular weight is 503 g/mol. The molecule has 1 saturated heterocycles. The standard InChI is InChI=1S/C23H21F4N7O2/c24-13-5-11(8-28)4-12(6-13)16-7-14(25)9-34(16)22(36)18-17-20(29-10-30-21(17)33-32-18)31-15-2-1-3-23(26,27)19(15)35/h4-6,10,14-16,19,35H,1-3,7,9H2,(H2,29,30,31,32,33)/t14-,15+,16+,19-/m0/s1. The fourth-order valence-electron chi connectivity index (χ4n) is 4.94. The van der Waals surface area contributed by atoms with Crippen molar-refractivity contribution in [2.24, 2.45) is 0 Å². The van der Waals surface area contributed by atoms with Crippen LogP contribution in [0.25, 0.3) is 11.0 Å². The summed E-state index contributed by atoms with van der Waals surface area (Å²) in [4.78, 5) is 22.9. The van der Waals surface area contributed by atoms with E-state index in [4.69, 9.17) is 0 Å². The Balaban J connectivity index is 1.50. The molecule has 1 saturated carbocycles. The van der Waals surface area contributed by atoms with E-state index < -0.39 is 48.4 Å². The van der Waals surface area contributed by atoms with E-state index in [1.165, 1.54) is 11.0 Å². The van der Waals surface area contributed by atoms with Crippen molar-refractivity contribution in [1.82, 2.24) is 25.1 Å². The molecule has 0 spiro atoms. The maximum atomic E-state index is 14.5. The molecule has 0 radical (unpaired) electrons. The second kappa shape index (κ2) is 9.02.